The Hall–Kier alpha value is -1.25. The van der Waals surface area contributed by atoms with Gasteiger partial charge in [0.1, 0.15) is 0 Å². The molecule has 1 aliphatic rings. The summed E-state index contributed by atoms with van der Waals surface area (Å²) in [5, 5.41) is 3.69. The van der Waals surface area contributed by atoms with Gasteiger partial charge in [0.15, 0.2) is 0 Å². The van der Waals surface area contributed by atoms with E-state index in [-0.39, 0.29) is 0 Å². The first-order chi connectivity index (χ1) is 10.3. The summed E-state index contributed by atoms with van der Waals surface area (Å²) >= 11 is 1.85. The van der Waals surface area contributed by atoms with E-state index in [1.165, 1.54) is 28.9 Å². The minimum Gasteiger partial charge on any atom is -0.310 e. The zero-order chi connectivity index (χ0) is 14.7. The standard InChI is InChI=1S/C19H23NS/c1-3-20-18(17-10-6-7-11-19(17)21-2)13-15-12-14-8-4-5-9-16(14)15/h4-11,15,18,20H,3,12-13H2,1-2H3. The van der Waals surface area contributed by atoms with Crippen molar-refractivity contribution < 1.29 is 0 Å². The van der Waals surface area contributed by atoms with Crippen LogP contribution < -0.4 is 5.32 Å². The van der Waals surface area contributed by atoms with Crippen LogP contribution in [-0.4, -0.2) is 12.8 Å². The molecule has 0 saturated carbocycles. The molecule has 1 N–H and O–H groups in total. The van der Waals surface area contributed by atoms with Crippen LogP contribution in [0.25, 0.3) is 0 Å². The monoisotopic (exact) mass is 297 g/mol. The van der Waals surface area contributed by atoms with Crippen molar-refractivity contribution in [2.45, 2.75) is 36.6 Å². The van der Waals surface area contributed by atoms with Crippen LogP contribution in [0, 0.1) is 0 Å². The van der Waals surface area contributed by atoms with Crippen molar-refractivity contribution in [3.05, 3.63) is 65.2 Å². The van der Waals surface area contributed by atoms with Gasteiger partial charge < -0.3 is 5.32 Å². The first-order valence-corrected chi connectivity index (χ1v) is 9.00. The molecule has 21 heavy (non-hydrogen) atoms. The summed E-state index contributed by atoms with van der Waals surface area (Å²) in [7, 11) is 0. The SMILES string of the molecule is CCNC(CC1Cc2ccccc21)c1ccccc1SC. The average Bonchev–Trinajstić information content (AvgIpc) is 2.51. The lowest BCUT2D eigenvalue weighted by Crippen LogP contribution is -2.27. The predicted molar refractivity (Wildman–Crippen MR) is 92.1 cm³/mol. The van der Waals surface area contributed by atoms with E-state index >= 15 is 0 Å². The second kappa shape index (κ2) is 6.67. The Bertz CT molecular complexity index is 608. The van der Waals surface area contributed by atoms with Crippen LogP contribution in [0.3, 0.4) is 0 Å². The quantitative estimate of drug-likeness (QED) is 0.769. The van der Waals surface area contributed by atoms with E-state index in [0.29, 0.717) is 12.0 Å². The van der Waals surface area contributed by atoms with Crippen molar-refractivity contribution in [2.75, 3.05) is 12.8 Å². The van der Waals surface area contributed by atoms with Crippen molar-refractivity contribution in [1.29, 1.82) is 0 Å². The highest BCUT2D eigenvalue weighted by Crippen LogP contribution is 2.41. The Kier molecular flexibility index (Phi) is 4.67. The Morgan fingerprint density at radius 2 is 1.90 bits per heavy atom. The maximum atomic E-state index is 3.69. The molecule has 0 aliphatic heterocycles. The van der Waals surface area contributed by atoms with E-state index in [1.807, 2.05) is 11.8 Å². The number of hydrogen-bond donors (Lipinski definition) is 1. The largest absolute Gasteiger partial charge is 0.310 e. The van der Waals surface area contributed by atoms with Crippen LogP contribution in [0.4, 0.5) is 0 Å². The second-order valence-electron chi connectivity index (χ2n) is 5.69. The number of hydrogen-bond acceptors (Lipinski definition) is 2. The molecule has 2 atom stereocenters. The predicted octanol–water partition coefficient (Wildman–Crippen LogP) is 4.79. The zero-order valence-corrected chi connectivity index (χ0v) is 13.6. The van der Waals surface area contributed by atoms with Crippen molar-refractivity contribution in [1.82, 2.24) is 5.32 Å². The lowest BCUT2D eigenvalue weighted by atomic mass is 9.74. The highest BCUT2D eigenvalue weighted by molar-refractivity contribution is 7.98. The van der Waals surface area contributed by atoms with Crippen molar-refractivity contribution in [2.24, 2.45) is 0 Å². The van der Waals surface area contributed by atoms with Crippen LogP contribution >= 0.6 is 11.8 Å². The maximum Gasteiger partial charge on any atom is 0.0337 e. The minimum absolute atomic E-state index is 0.456. The van der Waals surface area contributed by atoms with Crippen LogP contribution in [0.2, 0.25) is 0 Å². The molecule has 2 heteroatoms. The molecule has 0 spiro atoms. The summed E-state index contributed by atoms with van der Waals surface area (Å²) < 4.78 is 0. The molecular formula is C19H23NS. The topological polar surface area (TPSA) is 12.0 Å². The number of nitrogens with one attached hydrogen (secondary N) is 1. The van der Waals surface area contributed by atoms with Gasteiger partial charge in [0.25, 0.3) is 0 Å². The summed E-state index contributed by atoms with van der Waals surface area (Å²) in [6.07, 6.45) is 4.60. The van der Waals surface area contributed by atoms with E-state index in [0.717, 1.165) is 6.54 Å². The van der Waals surface area contributed by atoms with Gasteiger partial charge in [-0.3, -0.25) is 0 Å². The normalized spacial score (nSPS) is 17.9. The van der Waals surface area contributed by atoms with Gasteiger partial charge in [-0.15, -0.1) is 11.8 Å². The molecule has 1 nitrogen and oxygen atoms in total. The maximum absolute atomic E-state index is 3.69. The molecule has 2 aromatic rings. The summed E-state index contributed by atoms with van der Waals surface area (Å²) in [4.78, 5) is 1.40. The molecule has 0 saturated heterocycles. The van der Waals surface area contributed by atoms with E-state index in [1.54, 1.807) is 5.56 Å². The molecule has 1 aliphatic carbocycles. The van der Waals surface area contributed by atoms with E-state index in [9.17, 15) is 0 Å². The molecule has 0 bridgehead atoms. The van der Waals surface area contributed by atoms with Crippen molar-refractivity contribution in [3.8, 4) is 0 Å². The number of rotatable bonds is 6. The summed E-state index contributed by atoms with van der Waals surface area (Å²) in [6, 6.07) is 18.2. The molecule has 2 unspecified atom stereocenters. The Morgan fingerprint density at radius 1 is 1.14 bits per heavy atom. The first kappa shape index (κ1) is 14.7. The molecular weight excluding hydrogens is 274 g/mol. The van der Waals surface area contributed by atoms with Gasteiger partial charge in [-0.2, -0.15) is 0 Å². The van der Waals surface area contributed by atoms with E-state index in [2.05, 4.69) is 67.0 Å². The minimum atomic E-state index is 0.456. The Morgan fingerprint density at radius 3 is 2.67 bits per heavy atom. The van der Waals surface area contributed by atoms with Gasteiger partial charge in [-0.05, 0) is 54.3 Å². The molecule has 0 radical (unpaired) electrons. The highest BCUT2D eigenvalue weighted by Gasteiger charge is 2.28. The molecule has 110 valence electrons. The fourth-order valence-corrected chi connectivity index (χ4v) is 4.04. The average molecular weight is 297 g/mol. The van der Waals surface area contributed by atoms with E-state index < -0.39 is 0 Å². The fraction of sp³-hybridized carbons (Fsp3) is 0.368. The highest BCUT2D eigenvalue weighted by atomic mass is 32.2. The van der Waals surface area contributed by atoms with Gasteiger partial charge in [0.05, 0.1) is 0 Å². The van der Waals surface area contributed by atoms with Crippen molar-refractivity contribution in [3.63, 3.8) is 0 Å². The zero-order valence-electron chi connectivity index (χ0n) is 12.8. The third-order valence-electron chi connectivity index (χ3n) is 4.45. The van der Waals surface area contributed by atoms with Gasteiger partial charge in [-0.25, -0.2) is 0 Å². The van der Waals surface area contributed by atoms with Gasteiger partial charge in [0.2, 0.25) is 0 Å². The third-order valence-corrected chi connectivity index (χ3v) is 5.26. The van der Waals surface area contributed by atoms with Crippen LogP contribution in [-0.2, 0) is 6.42 Å². The van der Waals surface area contributed by atoms with Gasteiger partial charge in [0, 0.05) is 10.9 Å². The summed E-state index contributed by atoms with van der Waals surface area (Å²) in [5.74, 6) is 0.708. The number of thioether (sulfide) groups is 1. The third kappa shape index (κ3) is 3.02. The molecule has 0 fully saturated rings. The van der Waals surface area contributed by atoms with Gasteiger partial charge in [-0.1, -0.05) is 49.4 Å². The number of benzene rings is 2. The fourth-order valence-electron chi connectivity index (χ4n) is 3.38. The number of fused-ring (bicyclic) bond motifs is 1. The van der Waals surface area contributed by atoms with E-state index in [4.69, 9.17) is 0 Å². The summed E-state index contributed by atoms with van der Waals surface area (Å²) in [5.41, 5.74) is 4.55. The Balaban J connectivity index is 1.80. The van der Waals surface area contributed by atoms with Crippen LogP contribution in [0.15, 0.2) is 53.4 Å². The molecule has 0 aromatic heterocycles. The molecule has 2 aromatic carbocycles. The lowest BCUT2D eigenvalue weighted by molar-refractivity contribution is 0.432. The Labute approximate surface area is 132 Å². The van der Waals surface area contributed by atoms with Crippen molar-refractivity contribution >= 4 is 11.8 Å². The molecule has 3 rings (SSSR count). The lowest BCUT2D eigenvalue weighted by Gasteiger charge is -2.34. The molecule has 0 heterocycles. The first-order valence-electron chi connectivity index (χ1n) is 7.77. The smallest absolute Gasteiger partial charge is 0.0337 e. The summed E-state index contributed by atoms with van der Waals surface area (Å²) in [6.45, 7) is 3.21. The van der Waals surface area contributed by atoms with Crippen LogP contribution in [0.1, 0.15) is 42.0 Å². The molecule has 0 amide bonds. The second-order valence-corrected chi connectivity index (χ2v) is 6.54. The van der Waals surface area contributed by atoms with Gasteiger partial charge >= 0.3 is 0 Å². The van der Waals surface area contributed by atoms with Crippen LogP contribution in [0.5, 0.6) is 0 Å².